The predicted octanol–water partition coefficient (Wildman–Crippen LogP) is 2.82. The van der Waals surface area contributed by atoms with Gasteiger partial charge in [0, 0.05) is 25.2 Å². The standard InChI is InChI=1S/C20H22N2O4S/c1-21(17-5-3-4-6-19(17)26-2)27(24,25)16-10-9-14-11-12-22(18(14)13-16)20(23)15-7-8-15/h3-6,9-10,13,15H,7-8,11-12H2,1-2H3. The van der Waals surface area contributed by atoms with Crippen LogP contribution in [0.3, 0.4) is 0 Å². The number of nitrogens with zero attached hydrogens (tertiary/aromatic N) is 2. The van der Waals surface area contributed by atoms with Crippen molar-refractivity contribution in [2.24, 2.45) is 5.92 Å². The third kappa shape index (κ3) is 3.06. The van der Waals surface area contributed by atoms with Crippen LogP contribution in [0.2, 0.25) is 0 Å². The molecule has 2 aromatic carbocycles. The zero-order chi connectivity index (χ0) is 19.2. The van der Waals surface area contributed by atoms with E-state index in [-0.39, 0.29) is 16.7 Å². The number of anilines is 2. The van der Waals surface area contributed by atoms with Crippen LogP contribution in [-0.2, 0) is 21.2 Å². The Morgan fingerprint density at radius 1 is 1.19 bits per heavy atom. The van der Waals surface area contributed by atoms with Gasteiger partial charge in [-0.25, -0.2) is 8.42 Å². The molecule has 27 heavy (non-hydrogen) atoms. The molecule has 2 aromatic rings. The number of benzene rings is 2. The van der Waals surface area contributed by atoms with E-state index in [1.165, 1.54) is 18.5 Å². The van der Waals surface area contributed by atoms with Crippen molar-refractivity contribution in [2.45, 2.75) is 24.2 Å². The van der Waals surface area contributed by atoms with E-state index in [0.29, 0.717) is 18.0 Å². The number of fused-ring (bicyclic) bond motifs is 1. The quantitative estimate of drug-likeness (QED) is 0.793. The van der Waals surface area contributed by atoms with Crippen LogP contribution in [0.1, 0.15) is 18.4 Å². The molecule has 1 fully saturated rings. The minimum Gasteiger partial charge on any atom is -0.495 e. The van der Waals surface area contributed by atoms with E-state index in [0.717, 1.165) is 30.5 Å². The number of methoxy groups -OCH3 is 1. The SMILES string of the molecule is COc1ccccc1N(C)S(=O)(=O)c1ccc2c(c1)N(C(=O)C1CC1)CC2. The lowest BCUT2D eigenvalue weighted by atomic mass is 10.2. The summed E-state index contributed by atoms with van der Waals surface area (Å²) in [6, 6.07) is 12.0. The van der Waals surface area contributed by atoms with E-state index >= 15 is 0 Å². The predicted molar refractivity (Wildman–Crippen MR) is 104 cm³/mol. The van der Waals surface area contributed by atoms with Gasteiger partial charge >= 0.3 is 0 Å². The van der Waals surface area contributed by atoms with Gasteiger partial charge in [0.05, 0.1) is 17.7 Å². The van der Waals surface area contributed by atoms with E-state index in [9.17, 15) is 13.2 Å². The number of hydrogen-bond acceptors (Lipinski definition) is 4. The van der Waals surface area contributed by atoms with Gasteiger partial charge in [-0.2, -0.15) is 0 Å². The molecule has 0 unspecified atom stereocenters. The second-order valence-corrected chi connectivity index (χ2v) is 8.92. The summed E-state index contributed by atoms with van der Waals surface area (Å²) in [5.74, 6) is 0.698. The van der Waals surface area contributed by atoms with Gasteiger partial charge in [0.25, 0.3) is 10.0 Å². The van der Waals surface area contributed by atoms with Crippen molar-refractivity contribution in [2.75, 3.05) is 29.9 Å². The molecule has 1 aliphatic carbocycles. The van der Waals surface area contributed by atoms with Crippen molar-refractivity contribution in [1.29, 1.82) is 0 Å². The smallest absolute Gasteiger partial charge is 0.264 e. The maximum atomic E-state index is 13.2. The summed E-state index contributed by atoms with van der Waals surface area (Å²) in [7, 11) is -0.767. The molecule has 2 aliphatic rings. The number of ether oxygens (including phenoxy) is 1. The zero-order valence-electron chi connectivity index (χ0n) is 15.4. The van der Waals surface area contributed by atoms with E-state index in [1.54, 1.807) is 41.3 Å². The average molecular weight is 386 g/mol. The van der Waals surface area contributed by atoms with Gasteiger partial charge < -0.3 is 9.64 Å². The number of amides is 1. The molecule has 4 rings (SSSR count). The van der Waals surface area contributed by atoms with E-state index in [1.807, 2.05) is 6.07 Å². The van der Waals surface area contributed by atoms with Crippen LogP contribution >= 0.6 is 0 Å². The number of sulfonamides is 1. The van der Waals surface area contributed by atoms with Crippen LogP contribution in [0.5, 0.6) is 5.75 Å². The Morgan fingerprint density at radius 3 is 2.63 bits per heavy atom. The van der Waals surface area contributed by atoms with Crippen LogP contribution < -0.4 is 13.9 Å². The van der Waals surface area contributed by atoms with Crippen molar-refractivity contribution >= 4 is 27.3 Å². The fourth-order valence-corrected chi connectivity index (χ4v) is 4.70. The summed E-state index contributed by atoms with van der Waals surface area (Å²) in [5.41, 5.74) is 2.20. The Morgan fingerprint density at radius 2 is 1.93 bits per heavy atom. The summed E-state index contributed by atoms with van der Waals surface area (Å²) in [4.78, 5) is 14.4. The van der Waals surface area contributed by atoms with Gasteiger partial charge in [-0.3, -0.25) is 9.10 Å². The molecular formula is C20H22N2O4S. The second kappa shape index (κ2) is 6.56. The first-order valence-electron chi connectivity index (χ1n) is 8.99. The molecule has 142 valence electrons. The monoisotopic (exact) mass is 386 g/mol. The molecule has 0 atom stereocenters. The molecule has 1 aliphatic heterocycles. The maximum Gasteiger partial charge on any atom is 0.264 e. The molecule has 6 nitrogen and oxygen atoms in total. The Labute approximate surface area is 159 Å². The minimum atomic E-state index is -3.78. The number of hydrogen-bond donors (Lipinski definition) is 0. The molecule has 0 aromatic heterocycles. The fourth-order valence-electron chi connectivity index (χ4n) is 3.48. The first-order chi connectivity index (χ1) is 12.9. The number of para-hydroxylation sites is 2. The Hall–Kier alpha value is -2.54. The first-order valence-corrected chi connectivity index (χ1v) is 10.4. The van der Waals surface area contributed by atoms with Crippen LogP contribution in [0.4, 0.5) is 11.4 Å². The molecule has 0 spiro atoms. The largest absolute Gasteiger partial charge is 0.495 e. The average Bonchev–Trinajstić information content (AvgIpc) is 3.45. The highest BCUT2D eigenvalue weighted by Crippen LogP contribution is 2.38. The Balaban J connectivity index is 1.70. The van der Waals surface area contributed by atoms with Gasteiger partial charge in [-0.05, 0) is 49.1 Å². The highest BCUT2D eigenvalue weighted by Gasteiger charge is 2.37. The topological polar surface area (TPSA) is 66.9 Å². The molecule has 1 heterocycles. The molecule has 1 saturated carbocycles. The molecule has 0 saturated heterocycles. The normalized spacial score (nSPS) is 16.1. The third-order valence-electron chi connectivity index (χ3n) is 5.23. The fraction of sp³-hybridized carbons (Fsp3) is 0.350. The molecule has 0 radical (unpaired) electrons. The molecule has 0 N–H and O–H groups in total. The molecule has 0 bridgehead atoms. The van der Waals surface area contributed by atoms with Crippen molar-refractivity contribution < 1.29 is 17.9 Å². The van der Waals surface area contributed by atoms with Crippen LogP contribution in [-0.4, -0.2) is 35.0 Å². The number of carbonyl (C=O) groups is 1. The second-order valence-electron chi connectivity index (χ2n) is 6.95. The lowest BCUT2D eigenvalue weighted by Gasteiger charge is -2.23. The first kappa shape index (κ1) is 17.9. The summed E-state index contributed by atoms with van der Waals surface area (Å²) >= 11 is 0. The van der Waals surface area contributed by atoms with Gasteiger partial charge in [0.15, 0.2) is 0 Å². The summed E-state index contributed by atoms with van der Waals surface area (Å²) in [6.45, 7) is 0.622. The maximum absolute atomic E-state index is 13.2. The molecule has 7 heteroatoms. The van der Waals surface area contributed by atoms with Gasteiger partial charge in [-0.15, -0.1) is 0 Å². The summed E-state index contributed by atoms with van der Waals surface area (Å²) < 4.78 is 32.9. The van der Waals surface area contributed by atoms with Gasteiger partial charge in [-0.1, -0.05) is 18.2 Å². The van der Waals surface area contributed by atoms with Crippen molar-refractivity contribution in [3.05, 3.63) is 48.0 Å². The summed E-state index contributed by atoms with van der Waals surface area (Å²) in [6.07, 6.45) is 2.62. The minimum absolute atomic E-state index is 0.104. The van der Waals surface area contributed by atoms with Crippen LogP contribution in [0.15, 0.2) is 47.4 Å². The number of rotatable bonds is 5. The van der Waals surface area contributed by atoms with Crippen molar-refractivity contribution in [3.8, 4) is 5.75 Å². The van der Waals surface area contributed by atoms with E-state index in [2.05, 4.69) is 0 Å². The third-order valence-corrected chi connectivity index (χ3v) is 7.00. The van der Waals surface area contributed by atoms with Crippen molar-refractivity contribution in [3.63, 3.8) is 0 Å². The lowest BCUT2D eigenvalue weighted by molar-refractivity contribution is -0.119. The summed E-state index contributed by atoms with van der Waals surface area (Å²) in [5, 5.41) is 0. The van der Waals surface area contributed by atoms with Crippen molar-refractivity contribution in [1.82, 2.24) is 0 Å². The zero-order valence-corrected chi connectivity index (χ0v) is 16.2. The Bertz CT molecular complexity index is 999. The van der Waals surface area contributed by atoms with Gasteiger partial charge in [0.1, 0.15) is 5.75 Å². The number of carbonyl (C=O) groups excluding carboxylic acids is 1. The van der Waals surface area contributed by atoms with Gasteiger partial charge in [0.2, 0.25) is 5.91 Å². The van der Waals surface area contributed by atoms with Crippen LogP contribution in [0, 0.1) is 5.92 Å². The highest BCUT2D eigenvalue weighted by molar-refractivity contribution is 7.92. The van der Waals surface area contributed by atoms with E-state index in [4.69, 9.17) is 4.74 Å². The highest BCUT2D eigenvalue weighted by atomic mass is 32.2. The van der Waals surface area contributed by atoms with E-state index < -0.39 is 10.0 Å². The molecular weight excluding hydrogens is 364 g/mol. The molecule has 1 amide bonds. The van der Waals surface area contributed by atoms with Crippen LogP contribution in [0.25, 0.3) is 0 Å². The Kier molecular flexibility index (Phi) is 4.34. The lowest BCUT2D eigenvalue weighted by Crippen LogP contribution is -2.31.